The number of nitrogens with zero attached hydrogens (tertiary/aromatic N) is 2. The van der Waals surface area contributed by atoms with Gasteiger partial charge in [-0.1, -0.05) is 0 Å². The highest BCUT2D eigenvalue weighted by atomic mass is 16.3. The van der Waals surface area contributed by atoms with Crippen molar-refractivity contribution in [1.29, 1.82) is 5.26 Å². The van der Waals surface area contributed by atoms with E-state index in [1.807, 2.05) is 6.92 Å². The molecule has 0 radical (unpaired) electrons. The van der Waals surface area contributed by atoms with Crippen LogP contribution in [0.15, 0.2) is 0 Å². The first-order valence-corrected chi connectivity index (χ1v) is 4.52. The van der Waals surface area contributed by atoms with Crippen molar-refractivity contribution < 1.29 is 5.11 Å². The summed E-state index contributed by atoms with van der Waals surface area (Å²) in [6.07, 6.45) is 2.23. The zero-order chi connectivity index (χ0) is 8.97. The zero-order valence-corrected chi connectivity index (χ0v) is 7.53. The van der Waals surface area contributed by atoms with E-state index in [0.717, 1.165) is 25.9 Å². The maximum Gasteiger partial charge on any atom is 0.0666 e. The van der Waals surface area contributed by atoms with Gasteiger partial charge in [0.2, 0.25) is 0 Å². The van der Waals surface area contributed by atoms with Gasteiger partial charge in [-0.2, -0.15) is 5.26 Å². The summed E-state index contributed by atoms with van der Waals surface area (Å²) in [5, 5.41) is 17.6. The van der Waals surface area contributed by atoms with Gasteiger partial charge in [-0.05, 0) is 26.3 Å². The summed E-state index contributed by atoms with van der Waals surface area (Å²) in [5.74, 6) is 0.0807. The van der Waals surface area contributed by atoms with Gasteiger partial charge in [0, 0.05) is 12.6 Å². The minimum atomic E-state index is 0.0807. The second kappa shape index (κ2) is 4.44. The molecule has 1 aliphatic heterocycles. The molecule has 0 saturated carbocycles. The van der Waals surface area contributed by atoms with Gasteiger partial charge < -0.3 is 5.11 Å². The lowest BCUT2D eigenvalue weighted by molar-refractivity contribution is 0.152. The Labute approximate surface area is 73.6 Å². The first kappa shape index (κ1) is 9.50. The third-order valence-electron chi connectivity index (χ3n) is 2.44. The van der Waals surface area contributed by atoms with Gasteiger partial charge in [-0.15, -0.1) is 0 Å². The number of hydrogen-bond donors (Lipinski definition) is 1. The average Bonchev–Trinajstić information content (AvgIpc) is 2.51. The van der Waals surface area contributed by atoms with E-state index < -0.39 is 0 Å². The van der Waals surface area contributed by atoms with Gasteiger partial charge in [0.15, 0.2) is 0 Å². The Bertz CT molecular complexity index is 176. The Kier molecular flexibility index (Phi) is 3.51. The Morgan fingerprint density at radius 1 is 1.75 bits per heavy atom. The van der Waals surface area contributed by atoms with Crippen molar-refractivity contribution in [3.05, 3.63) is 0 Å². The lowest BCUT2D eigenvalue weighted by atomic mass is 10.2. The Morgan fingerprint density at radius 2 is 2.50 bits per heavy atom. The molecule has 0 bridgehead atoms. The normalized spacial score (nSPS) is 26.9. The molecule has 0 aromatic heterocycles. The molecule has 1 saturated heterocycles. The minimum absolute atomic E-state index is 0.0807. The number of hydrogen-bond acceptors (Lipinski definition) is 3. The predicted octanol–water partition coefficient (Wildman–Crippen LogP) is 0.603. The Morgan fingerprint density at radius 3 is 3.08 bits per heavy atom. The molecule has 0 aromatic carbocycles. The van der Waals surface area contributed by atoms with Crippen molar-refractivity contribution in [3.63, 3.8) is 0 Å². The molecular weight excluding hydrogens is 152 g/mol. The van der Waals surface area contributed by atoms with Crippen molar-refractivity contribution in [2.24, 2.45) is 5.92 Å². The smallest absolute Gasteiger partial charge is 0.0666 e. The van der Waals surface area contributed by atoms with E-state index in [0.29, 0.717) is 6.04 Å². The highest BCUT2D eigenvalue weighted by Crippen LogP contribution is 2.17. The van der Waals surface area contributed by atoms with Crippen LogP contribution >= 0.6 is 0 Å². The summed E-state index contributed by atoms with van der Waals surface area (Å²) in [6.45, 7) is 4.00. The molecule has 0 aliphatic carbocycles. The molecule has 68 valence electrons. The summed E-state index contributed by atoms with van der Waals surface area (Å²) in [5.41, 5.74) is 0. The van der Waals surface area contributed by atoms with Crippen molar-refractivity contribution in [2.75, 3.05) is 19.7 Å². The first-order chi connectivity index (χ1) is 5.77. The molecule has 1 heterocycles. The van der Waals surface area contributed by atoms with Crippen LogP contribution in [0.25, 0.3) is 0 Å². The highest BCUT2D eigenvalue weighted by molar-refractivity contribution is 4.86. The van der Waals surface area contributed by atoms with Gasteiger partial charge in [0.1, 0.15) is 0 Å². The topological polar surface area (TPSA) is 47.3 Å². The monoisotopic (exact) mass is 168 g/mol. The summed E-state index contributed by atoms with van der Waals surface area (Å²) in [6, 6.07) is 2.52. The number of likely N-dealkylation sites (tertiary alicyclic amines) is 1. The molecular formula is C9H16N2O. The molecule has 1 unspecified atom stereocenters. The van der Waals surface area contributed by atoms with Crippen LogP contribution in [0.1, 0.15) is 19.8 Å². The molecule has 0 aromatic rings. The van der Waals surface area contributed by atoms with E-state index in [4.69, 9.17) is 10.4 Å². The van der Waals surface area contributed by atoms with Crippen LogP contribution in [0.3, 0.4) is 0 Å². The quantitative estimate of drug-likeness (QED) is 0.671. The number of aliphatic hydroxyl groups excluding tert-OH is 1. The van der Waals surface area contributed by atoms with Crippen molar-refractivity contribution in [2.45, 2.75) is 25.8 Å². The van der Waals surface area contributed by atoms with Crippen LogP contribution in [0.2, 0.25) is 0 Å². The number of aliphatic hydroxyl groups is 1. The Hall–Kier alpha value is -0.590. The van der Waals surface area contributed by atoms with E-state index in [1.165, 1.54) is 0 Å². The molecule has 1 fully saturated rings. The fourth-order valence-electron chi connectivity index (χ4n) is 1.73. The van der Waals surface area contributed by atoms with E-state index in [2.05, 4.69) is 11.0 Å². The van der Waals surface area contributed by atoms with Gasteiger partial charge >= 0.3 is 0 Å². The Balaban J connectivity index is 2.36. The van der Waals surface area contributed by atoms with E-state index in [-0.39, 0.29) is 12.5 Å². The number of rotatable bonds is 3. The maximum atomic E-state index is 9.00. The highest BCUT2D eigenvalue weighted by Gasteiger charge is 2.24. The molecule has 0 spiro atoms. The summed E-state index contributed by atoms with van der Waals surface area (Å²) in [7, 11) is 0. The SMILES string of the molecule is CC(C#N)CN1CCC[C@H]1CO. The summed E-state index contributed by atoms with van der Waals surface area (Å²) in [4.78, 5) is 2.22. The summed E-state index contributed by atoms with van der Waals surface area (Å²) >= 11 is 0. The van der Waals surface area contributed by atoms with Gasteiger partial charge in [0.05, 0.1) is 18.6 Å². The molecule has 1 rings (SSSR count). The molecule has 0 amide bonds. The fourth-order valence-corrected chi connectivity index (χ4v) is 1.73. The first-order valence-electron chi connectivity index (χ1n) is 4.52. The van der Waals surface area contributed by atoms with Crippen LogP contribution in [-0.4, -0.2) is 35.7 Å². The van der Waals surface area contributed by atoms with Crippen LogP contribution in [0, 0.1) is 17.2 Å². The largest absolute Gasteiger partial charge is 0.395 e. The van der Waals surface area contributed by atoms with Crippen LogP contribution < -0.4 is 0 Å². The van der Waals surface area contributed by atoms with Gasteiger partial charge in [-0.25, -0.2) is 0 Å². The molecule has 3 heteroatoms. The molecule has 2 atom stereocenters. The van der Waals surface area contributed by atoms with Gasteiger partial charge in [0.25, 0.3) is 0 Å². The van der Waals surface area contributed by atoms with E-state index >= 15 is 0 Å². The lowest BCUT2D eigenvalue weighted by Crippen LogP contribution is -2.35. The van der Waals surface area contributed by atoms with Crippen molar-refractivity contribution in [1.82, 2.24) is 4.90 Å². The number of nitriles is 1. The second-order valence-corrected chi connectivity index (χ2v) is 3.50. The lowest BCUT2D eigenvalue weighted by Gasteiger charge is -2.23. The maximum absolute atomic E-state index is 9.00. The molecule has 3 nitrogen and oxygen atoms in total. The minimum Gasteiger partial charge on any atom is -0.395 e. The second-order valence-electron chi connectivity index (χ2n) is 3.50. The fraction of sp³-hybridized carbons (Fsp3) is 0.889. The van der Waals surface area contributed by atoms with Gasteiger partial charge in [-0.3, -0.25) is 4.90 Å². The van der Waals surface area contributed by atoms with Crippen LogP contribution in [0.5, 0.6) is 0 Å². The van der Waals surface area contributed by atoms with Crippen molar-refractivity contribution in [3.8, 4) is 6.07 Å². The average molecular weight is 168 g/mol. The standard InChI is InChI=1S/C9H16N2O/c1-8(5-10)6-11-4-2-3-9(11)7-12/h8-9,12H,2-4,6-7H2,1H3/t8?,9-/m0/s1. The third kappa shape index (κ3) is 2.20. The molecule has 1 N–H and O–H groups in total. The zero-order valence-electron chi connectivity index (χ0n) is 7.53. The van der Waals surface area contributed by atoms with E-state index in [1.54, 1.807) is 0 Å². The van der Waals surface area contributed by atoms with Crippen molar-refractivity contribution >= 4 is 0 Å². The molecule has 12 heavy (non-hydrogen) atoms. The molecule has 1 aliphatic rings. The van der Waals surface area contributed by atoms with Crippen LogP contribution in [0.4, 0.5) is 0 Å². The van der Waals surface area contributed by atoms with Crippen LogP contribution in [-0.2, 0) is 0 Å². The third-order valence-corrected chi connectivity index (χ3v) is 2.44. The predicted molar refractivity (Wildman–Crippen MR) is 46.5 cm³/mol. The summed E-state index contributed by atoms with van der Waals surface area (Å²) < 4.78 is 0. The van der Waals surface area contributed by atoms with E-state index in [9.17, 15) is 0 Å².